The summed E-state index contributed by atoms with van der Waals surface area (Å²) in [5.41, 5.74) is 2.10. The number of hydrogen-bond acceptors (Lipinski definition) is 5. The fourth-order valence-electron chi connectivity index (χ4n) is 1.61. The molecule has 7 nitrogen and oxygen atoms in total. The molecule has 134 valence electrons. The molecule has 0 aromatic carbocycles. The van der Waals surface area contributed by atoms with Gasteiger partial charge in [0.05, 0.1) is 6.61 Å². The Balaban J connectivity index is 4.18. The fourth-order valence-corrected chi connectivity index (χ4v) is 3.60. The highest BCUT2D eigenvalue weighted by Gasteiger charge is 2.29. The summed E-state index contributed by atoms with van der Waals surface area (Å²) in [5, 5.41) is 0. The van der Waals surface area contributed by atoms with Crippen molar-refractivity contribution in [2.24, 2.45) is 0 Å². The average molecular weight is 368 g/mol. The summed E-state index contributed by atoms with van der Waals surface area (Å²) < 4.78 is 31.0. The molecule has 0 heterocycles. The number of phosphoric ester groups is 1. The average Bonchev–Trinajstić information content (AvgIpc) is 2.33. The Morgan fingerprint density at radius 3 is 2.09 bits per heavy atom. The smallest absolute Gasteiger partial charge is 0.324 e. The van der Waals surface area contributed by atoms with Gasteiger partial charge >= 0.3 is 15.4 Å². The topological polar surface area (TPSA) is 110 Å². The van der Waals surface area contributed by atoms with Crippen molar-refractivity contribution < 1.29 is 32.5 Å². The number of hydrogen-bond donors (Lipinski definition) is 2. The van der Waals surface area contributed by atoms with E-state index in [-0.39, 0.29) is 12.4 Å². The van der Waals surface area contributed by atoms with Crippen LogP contribution in [0.1, 0.15) is 46.5 Å². The van der Waals surface area contributed by atoms with E-state index in [0.717, 1.165) is 37.1 Å². The lowest BCUT2D eigenvalue weighted by Crippen LogP contribution is -1.94. The van der Waals surface area contributed by atoms with Crippen molar-refractivity contribution >= 4 is 21.2 Å². The van der Waals surface area contributed by atoms with Crippen molar-refractivity contribution in [1.82, 2.24) is 0 Å². The van der Waals surface area contributed by atoms with E-state index < -0.39 is 15.4 Å². The second kappa shape index (κ2) is 10.3. The predicted molar refractivity (Wildman–Crippen MR) is 89.3 cm³/mol. The highest BCUT2D eigenvalue weighted by atomic mass is 31.3. The van der Waals surface area contributed by atoms with Crippen molar-refractivity contribution in [2.75, 3.05) is 13.3 Å². The van der Waals surface area contributed by atoms with Gasteiger partial charge in [0.1, 0.15) is 5.78 Å². The van der Waals surface area contributed by atoms with Crippen LogP contribution in [-0.2, 0) is 22.8 Å². The normalized spacial score (nSPS) is 18.3. The molecular weight excluding hydrogens is 342 g/mol. The fraction of sp³-hybridized carbons (Fsp3) is 0.643. The number of carbonyl (C=O) groups excluding carboxylic acids is 1. The van der Waals surface area contributed by atoms with Crippen LogP contribution >= 0.6 is 15.4 Å². The van der Waals surface area contributed by atoms with E-state index in [2.05, 4.69) is 14.9 Å². The third-order valence-corrected chi connectivity index (χ3v) is 5.34. The van der Waals surface area contributed by atoms with Crippen LogP contribution in [0.25, 0.3) is 0 Å². The van der Waals surface area contributed by atoms with Gasteiger partial charge < -0.3 is 14.6 Å². The zero-order valence-electron chi connectivity index (χ0n) is 14.0. The predicted octanol–water partition coefficient (Wildman–Crippen LogP) is 3.98. The molecule has 0 saturated carbocycles. The highest BCUT2D eigenvalue weighted by Crippen LogP contribution is 2.57. The molecule has 0 rings (SSSR count). The lowest BCUT2D eigenvalue weighted by atomic mass is 10.1. The number of rotatable bonds is 11. The maximum absolute atomic E-state index is 11.4. The van der Waals surface area contributed by atoms with Gasteiger partial charge in [-0.3, -0.25) is 9.09 Å². The van der Waals surface area contributed by atoms with Gasteiger partial charge in [-0.1, -0.05) is 23.3 Å². The van der Waals surface area contributed by atoms with Gasteiger partial charge in [-0.15, -0.1) is 0 Å². The number of phosphoric acid groups is 1. The molecular formula is C14H26O7P2. The van der Waals surface area contributed by atoms with Gasteiger partial charge in [-0.05, 0) is 40.0 Å². The molecule has 9 heteroatoms. The van der Waals surface area contributed by atoms with E-state index >= 15 is 0 Å². The third-order valence-electron chi connectivity index (χ3n) is 2.83. The minimum Gasteiger partial charge on any atom is -0.324 e. The van der Waals surface area contributed by atoms with Crippen molar-refractivity contribution in [1.29, 1.82) is 0 Å². The summed E-state index contributed by atoms with van der Waals surface area (Å²) in [4.78, 5) is 29.0. The second-order valence-electron chi connectivity index (χ2n) is 5.49. The van der Waals surface area contributed by atoms with E-state index in [1.165, 1.54) is 0 Å². The molecule has 0 aliphatic rings. The third kappa shape index (κ3) is 14.8. The maximum atomic E-state index is 11.4. The van der Waals surface area contributed by atoms with E-state index in [4.69, 9.17) is 4.89 Å². The van der Waals surface area contributed by atoms with Gasteiger partial charge in [-0.2, -0.15) is 0 Å². The zero-order valence-corrected chi connectivity index (χ0v) is 15.8. The van der Waals surface area contributed by atoms with E-state index in [1.54, 1.807) is 13.0 Å². The molecule has 0 fully saturated rings. The van der Waals surface area contributed by atoms with Crippen LogP contribution in [-0.4, -0.2) is 28.8 Å². The summed E-state index contributed by atoms with van der Waals surface area (Å²) in [6, 6.07) is 0. The van der Waals surface area contributed by atoms with Crippen LogP contribution in [0.5, 0.6) is 0 Å². The van der Waals surface area contributed by atoms with Crippen molar-refractivity contribution in [3.8, 4) is 0 Å². The summed E-state index contributed by atoms with van der Waals surface area (Å²) in [7, 11) is -8.62. The van der Waals surface area contributed by atoms with Gasteiger partial charge in [0.15, 0.2) is 0 Å². The first-order valence-electron chi connectivity index (χ1n) is 7.21. The van der Waals surface area contributed by atoms with Crippen molar-refractivity contribution in [3.63, 3.8) is 0 Å². The molecule has 0 spiro atoms. The van der Waals surface area contributed by atoms with Gasteiger partial charge in [0, 0.05) is 13.1 Å². The van der Waals surface area contributed by atoms with E-state index in [0.29, 0.717) is 6.42 Å². The monoisotopic (exact) mass is 368 g/mol. The molecule has 2 unspecified atom stereocenters. The summed E-state index contributed by atoms with van der Waals surface area (Å²) in [6.07, 6.45) is 6.50. The van der Waals surface area contributed by atoms with E-state index in [1.807, 2.05) is 13.8 Å². The van der Waals surface area contributed by atoms with Crippen LogP contribution in [0.15, 0.2) is 23.3 Å². The Morgan fingerprint density at radius 2 is 1.57 bits per heavy atom. The molecule has 0 bridgehead atoms. The molecule has 0 aromatic heterocycles. The highest BCUT2D eigenvalue weighted by molar-refractivity contribution is 7.63. The van der Waals surface area contributed by atoms with Crippen molar-refractivity contribution in [3.05, 3.63) is 23.3 Å². The van der Waals surface area contributed by atoms with Crippen LogP contribution in [0.3, 0.4) is 0 Å². The zero-order chi connectivity index (χ0) is 18.1. The summed E-state index contributed by atoms with van der Waals surface area (Å²) >= 11 is 0. The first-order valence-corrected chi connectivity index (χ1v) is 10.7. The number of carbonyl (C=O) groups is 1. The van der Waals surface area contributed by atoms with E-state index in [9.17, 15) is 18.8 Å². The molecule has 0 aromatic rings. The van der Waals surface area contributed by atoms with Crippen LogP contribution in [0, 0.1) is 0 Å². The first kappa shape index (κ1) is 22.4. The Labute approximate surface area is 137 Å². The molecule has 0 saturated heterocycles. The van der Waals surface area contributed by atoms with Gasteiger partial charge in [0.2, 0.25) is 0 Å². The van der Waals surface area contributed by atoms with Gasteiger partial charge in [-0.25, -0.2) is 8.88 Å². The van der Waals surface area contributed by atoms with Crippen LogP contribution in [0.4, 0.5) is 0 Å². The Bertz CT molecular complexity index is 545. The Hall–Kier alpha value is -0.550. The quantitative estimate of drug-likeness (QED) is 0.419. The molecule has 2 atom stereocenters. The minimum atomic E-state index is -4.53. The largest absolute Gasteiger partial charge is 0.479 e. The number of allylic oxidation sites excluding steroid dienone is 3. The number of Topliss-reactive ketones (excluding diaryl/α,β-unsaturated/α-hetero) is 1. The van der Waals surface area contributed by atoms with Crippen LogP contribution < -0.4 is 0 Å². The Morgan fingerprint density at radius 1 is 1.00 bits per heavy atom. The second-order valence-corrected chi connectivity index (χ2v) is 8.95. The van der Waals surface area contributed by atoms with Gasteiger partial charge in [0.25, 0.3) is 0 Å². The lowest BCUT2D eigenvalue weighted by molar-refractivity contribution is -0.116. The standard InChI is InChI=1S/C14H26O7P2/c1-12(8-9-14(3)15)6-5-7-13(2)10-11-20-23(18,19)21-22(4,16)17/h6,10H,5,7-9,11H2,1-4H3,(H,16,17)(H,18,19)/b12-6+,13-10+. The summed E-state index contributed by atoms with van der Waals surface area (Å²) in [5.74, 6) is 0.168. The number of ketones is 1. The summed E-state index contributed by atoms with van der Waals surface area (Å²) in [6.45, 7) is 6.01. The molecule has 23 heavy (non-hydrogen) atoms. The van der Waals surface area contributed by atoms with Crippen molar-refractivity contribution in [2.45, 2.75) is 46.5 Å². The minimum absolute atomic E-state index is 0.168. The van der Waals surface area contributed by atoms with Crippen LogP contribution in [0.2, 0.25) is 0 Å². The molecule has 0 aliphatic carbocycles. The molecule has 2 N–H and O–H groups in total. The SMILES string of the molecule is CC(=O)CC/C(C)=C/CC/C(C)=C/COP(=O)(O)OP(C)(=O)O. The molecule has 0 aliphatic heterocycles. The first-order chi connectivity index (χ1) is 10.4. The lowest BCUT2D eigenvalue weighted by Gasteiger charge is -2.12. The maximum Gasteiger partial charge on any atom is 0.479 e. The molecule has 0 radical (unpaired) electrons. The Kier molecular flexibility index (Phi) is 10.1. The molecule has 0 amide bonds.